The molecule has 6 nitrogen and oxygen atoms in total. The van der Waals surface area contributed by atoms with E-state index in [4.69, 9.17) is 5.84 Å². The Balaban J connectivity index is 2.05. The number of carbonyl (C=O) groups is 2. The minimum Gasteiger partial charge on any atom is -0.361 e. The molecular formula is C16H11BrN4O2. The van der Waals surface area contributed by atoms with Gasteiger partial charge in [-0.15, -0.1) is 0 Å². The van der Waals surface area contributed by atoms with E-state index in [0.717, 1.165) is 15.4 Å². The Labute approximate surface area is 139 Å². The van der Waals surface area contributed by atoms with E-state index in [2.05, 4.69) is 25.9 Å². The van der Waals surface area contributed by atoms with Gasteiger partial charge in [0.25, 0.3) is 11.8 Å². The predicted molar refractivity (Wildman–Crippen MR) is 89.6 cm³/mol. The van der Waals surface area contributed by atoms with Crippen molar-refractivity contribution in [1.82, 2.24) is 15.0 Å². The number of aromatic nitrogens is 2. The van der Waals surface area contributed by atoms with Crippen molar-refractivity contribution in [3.63, 3.8) is 0 Å². The summed E-state index contributed by atoms with van der Waals surface area (Å²) in [4.78, 5) is 31.0. The average molecular weight is 371 g/mol. The molecule has 1 aliphatic heterocycles. The number of fused-ring (bicyclic) bond motifs is 1. The predicted octanol–water partition coefficient (Wildman–Crippen LogP) is 2.41. The lowest BCUT2D eigenvalue weighted by Crippen LogP contribution is -2.37. The Bertz CT molecular complexity index is 985. The summed E-state index contributed by atoms with van der Waals surface area (Å²) in [5.41, 5.74) is 2.66. The summed E-state index contributed by atoms with van der Waals surface area (Å²) in [6, 6.07) is 9.21. The maximum absolute atomic E-state index is 12.5. The average Bonchev–Trinajstić information content (AvgIpc) is 3.23. The molecule has 114 valence electrons. The third-order valence-corrected chi connectivity index (χ3v) is 4.39. The third-order valence-electron chi connectivity index (χ3n) is 3.90. The number of carbonyl (C=O) groups excluding carboxylic acids is 2. The number of halogens is 1. The van der Waals surface area contributed by atoms with E-state index < -0.39 is 11.8 Å². The van der Waals surface area contributed by atoms with E-state index in [1.807, 2.05) is 18.2 Å². The SMILES string of the molecule is NN1C(=O)C(c2ccc[nH]2)=C(c2c[nH]c3ccc(Br)cc23)C1=O. The number of nitrogens with two attached hydrogens (primary N) is 1. The molecule has 0 spiro atoms. The van der Waals surface area contributed by atoms with Gasteiger partial charge in [0.05, 0.1) is 16.8 Å². The Kier molecular flexibility index (Phi) is 3.00. The fourth-order valence-electron chi connectivity index (χ4n) is 2.83. The van der Waals surface area contributed by atoms with Gasteiger partial charge in [-0.25, -0.2) is 10.9 Å². The zero-order chi connectivity index (χ0) is 16.1. The van der Waals surface area contributed by atoms with Gasteiger partial charge in [-0.3, -0.25) is 9.59 Å². The standard InChI is InChI=1S/C16H11BrN4O2/c17-8-3-4-11-9(6-8)10(7-20-11)13-14(12-2-1-5-19-12)16(23)21(18)15(13)22/h1-7,19-20H,18H2. The maximum atomic E-state index is 12.5. The molecule has 0 saturated heterocycles. The summed E-state index contributed by atoms with van der Waals surface area (Å²) in [6.07, 6.45) is 3.42. The summed E-state index contributed by atoms with van der Waals surface area (Å²) in [5.74, 6) is 4.62. The van der Waals surface area contributed by atoms with E-state index >= 15 is 0 Å². The quantitative estimate of drug-likeness (QED) is 0.367. The van der Waals surface area contributed by atoms with Crippen molar-refractivity contribution in [3.05, 3.63) is 58.5 Å². The number of rotatable bonds is 2. The molecule has 0 fully saturated rings. The van der Waals surface area contributed by atoms with Crippen LogP contribution in [-0.4, -0.2) is 26.8 Å². The molecule has 2 amide bonds. The second kappa shape index (κ2) is 4.94. The Morgan fingerprint density at radius 3 is 2.57 bits per heavy atom. The summed E-state index contributed by atoms with van der Waals surface area (Å²) < 4.78 is 0.884. The Morgan fingerprint density at radius 1 is 1.04 bits per heavy atom. The molecule has 2 aromatic heterocycles. The highest BCUT2D eigenvalue weighted by molar-refractivity contribution is 9.10. The van der Waals surface area contributed by atoms with Gasteiger partial charge in [0.2, 0.25) is 0 Å². The minimum absolute atomic E-state index is 0.281. The van der Waals surface area contributed by atoms with Crippen molar-refractivity contribution >= 4 is 49.8 Å². The normalized spacial score (nSPS) is 15.3. The van der Waals surface area contributed by atoms with E-state index in [-0.39, 0.29) is 5.57 Å². The first-order chi connectivity index (χ1) is 11.1. The van der Waals surface area contributed by atoms with Crippen molar-refractivity contribution in [2.75, 3.05) is 0 Å². The molecule has 7 heteroatoms. The lowest BCUT2D eigenvalue weighted by atomic mass is 9.99. The number of amides is 2. The minimum atomic E-state index is -0.517. The number of imide groups is 1. The number of hydrogen-bond acceptors (Lipinski definition) is 3. The molecule has 0 unspecified atom stereocenters. The van der Waals surface area contributed by atoms with E-state index in [0.29, 0.717) is 21.8 Å². The molecular weight excluding hydrogens is 360 g/mol. The van der Waals surface area contributed by atoms with Crippen LogP contribution in [0, 0.1) is 0 Å². The fourth-order valence-corrected chi connectivity index (χ4v) is 3.19. The van der Waals surface area contributed by atoms with Gasteiger partial charge >= 0.3 is 0 Å². The van der Waals surface area contributed by atoms with Crippen molar-refractivity contribution in [2.24, 2.45) is 5.84 Å². The second-order valence-corrected chi connectivity index (χ2v) is 6.12. The summed E-state index contributed by atoms with van der Waals surface area (Å²) in [7, 11) is 0. The van der Waals surface area contributed by atoms with Gasteiger partial charge in [-0.05, 0) is 30.3 Å². The van der Waals surface area contributed by atoms with Crippen LogP contribution in [0.15, 0.2) is 47.2 Å². The maximum Gasteiger partial charge on any atom is 0.278 e. The topological polar surface area (TPSA) is 95.0 Å². The number of H-pyrrole nitrogens is 2. The van der Waals surface area contributed by atoms with Crippen molar-refractivity contribution < 1.29 is 9.59 Å². The number of nitrogens with zero attached hydrogens (tertiary/aromatic N) is 1. The van der Waals surface area contributed by atoms with Gasteiger partial charge < -0.3 is 9.97 Å². The number of hydrogen-bond donors (Lipinski definition) is 3. The molecule has 23 heavy (non-hydrogen) atoms. The van der Waals surface area contributed by atoms with Crippen LogP contribution in [0.2, 0.25) is 0 Å². The summed E-state index contributed by atoms with van der Waals surface area (Å²) in [5, 5.41) is 1.50. The number of benzene rings is 1. The number of hydrazine groups is 1. The van der Waals surface area contributed by atoms with Gasteiger partial charge in [0, 0.05) is 33.3 Å². The summed E-state index contributed by atoms with van der Waals surface area (Å²) >= 11 is 3.43. The van der Waals surface area contributed by atoms with Gasteiger partial charge in [-0.1, -0.05) is 15.9 Å². The molecule has 3 heterocycles. The van der Waals surface area contributed by atoms with Crippen LogP contribution >= 0.6 is 15.9 Å². The third kappa shape index (κ3) is 1.97. The lowest BCUT2D eigenvalue weighted by Gasteiger charge is -2.05. The van der Waals surface area contributed by atoms with Gasteiger partial charge in [0.15, 0.2) is 0 Å². The van der Waals surface area contributed by atoms with Crippen LogP contribution in [0.4, 0.5) is 0 Å². The van der Waals surface area contributed by atoms with Crippen molar-refractivity contribution in [3.8, 4) is 0 Å². The second-order valence-electron chi connectivity index (χ2n) is 5.21. The van der Waals surface area contributed by atoms with Crippen LogP contribution in [0.25, 0.3) is 22.0 Å². The van der Waals surface area contributed by atoms with Crippen molar-refractivity contribution in [2.45, 2.75) is 0 Å². The zero-order valence-electron chi connectivity index (χ0n) is 11.8. The van der Waals surface area contributed by atoms with E-state index in [9.17, 15) is 9.59 Å². The van der Waals surface area contributed by atoms with E-state index in [1.165, 1.54) is 0 Å². The molecule has 4 rings (SSSR count). The first kappa shape index (κ1) is 14.0. The van der Waals surface area contributed by atoms with Crippen LogP contribution in [0.1, 0.15) is 11.3 Å². The van der Waals surface area contributed by atoms with Gasteiger partial charge in [0.1, 0.15) is 0 Å². The first-order valence-corrected chi connectivity index (χ1v) is 7.66. The molecule has 3 aromatic rings. The molecule has 0 saturated carbocycles. The van der Waals surface area contributed by atoms with Crippen LogP contribution < -0.4 is 5.84 Å². The Hall–Kier alpha value is -2.64. The highest BCUT2D eigenvalue weighted by atomic mass is 79.9. The molecule has 0 atom stereocenters. The molecule has 0 aliphatic carbocycles. The molecule has 1 aliphatic rings. The molecule has 0 radical (unpaired) electrons. The highest BCUT2D eigenvalue weighted by Crippen LogP contribution is 2.37. The lowest BCUT2D eigenvalue weighted by molar-refractivity contribution is -0.136. The van der Waals surface area contributed by atoms with Gasteiger partial charge in [-0.2, -0.15) is 0 Å². The zero-order valence-corrected chi connectivity index (χ0v) is 13.3. The number of aromatic amines is 2. The number of nitrogens with one attached hydrogen (secondary N) is 2. The van der Waals surface area contributed by atoms with Crippen LogP contribution in [0.3, 0.4) is 0 Å². The smallest absolute Gasteiger partial charge is 0.278 e. The van der Waals surface area contributed by atoms with Crippen LogP contribution in [0.5, 0.6) is 0 Å². The molecule has 4 N–H and O–H groups in total. The molecule has 0 bridgehead atoms. The monoisotopic (exact) mass is 370 g/mol. The largest absolute Gasteiger partial charge is 0.361 e. The Morgan fingerprint density at radius 2 is 1.83 bits per heavy atom. The first-order valence-electron chi connectivity index (χ1n) is 6.86. The fraction of sp³-hybridized carbons (Fsp3) is 0. The molecule has 1 aromatic carbocycles. The van der Waals surface area contributed by atoms with Crippen LogP contribution in [-0.2, 0) is 9.59 Å². The van der Waals surface area contributed by atoms with Crippen molar-refractivity contribution in [1.29, 1.82) is 0 Å². The van der Waals surface area contributed by atoms with E-state index in [1.54, 1.807) is 24.5 Å². The highest BCUT2D eigenvalue weighted by Gasteiger charge is 2.39. The summed E-state index contributed by atoms with van der Waals surface area (Å²) in [6.45, 7) is 0.